The number of aliphatic hydroxyl groups is 1. The lowest BCUT2D eigenvalue weighted by Crippen LogP contribution is -2.64. The zero-order valence-electron chi connectivity index (χ0n) is 19.1. The van der Waals surface area contributed by atoms with Gasteiger partial charge in [-0.05, 0) is 60.7 Å². The highest BCUT2D eigenvalue weighted by atomic mass is 16.5. The van der Waals surface area contributed by atoms with E-state index in [1.54, 1.807) is 0 Å². The predicted molar refractivity (Wildman–Crippen MR) is 132 cm³/mol. The van der Waals surface area contributed by atoms with Crippen molar-refractivity contribution in [1.29, 1.82) is 0 Å². The van der Waals surface area contributed by atoms with Crippen LogP contribution in [0.25, 0.3) is 0 Å². The third-order valence-electron chi connectivity index (χ3n) is 7.36. The van der Waals surface area contributed by atoms with Crippen LogP contribution < -0.4 is 10.1 Å². The number of rotatable bonds is 9. The molecule has 33 heavy (non-hydrogen) atoms. The minimum atomic E-state index is 0.0360. The quantitative estimate of drug-likeness (QED) is 0.514. The maximum absolute atomic E-state index is 8.96. The summed E-state index contributed by atoms with van der Waals surface area (Å²) < 4.78 is 5.51. The van der Waals surface area contributed by atoms with E-state index in [9.17, 15) is 0 Å². The maximum Gasteiger partial charge on any atom is 0.119 e. The Labute approximate surface area is 197 Å². The van der Waals surface area contributed by atoms with E-state index in [1.807, 2.05) is 12.1 Å². The highest BCUT2D eigenvalue weighted by molar-refractivity contribution is 5.36. The summed E-state index contributed by atoms with van der Waals surface area (Å²) in [5.41, 5.74) is 4.06. The Morgan fingerprint density at radius 3 is 2.03 bits per heavy atom. The Balaban J connectivity index is 1.40. The van der Waals surface area contributed by atoms with E-state index in [2.05, 4.69) is 83.0 Å². The standard InChI is InChI=1S/C29H34N2O2/c32-19-20-33-26-13-11-22(12-14-26)21-30-28-25-15-17-31(18-16-25)29(28)27(23-7-3-1-4-8-23)24-9-5-2-6-10-24/h1-14,25,27-30,32H,15-21H2. The fourth-order valence-electron chi connectivity index (χ4n) is 5.80. The molecule has 3 heterocycles. The number of hydrogen-bond acceptors (Lipinski definition) is 4. The summed E-state index contributed by atoms with van der Waals surface area (Å²) in [5.74, 6) is 1.87. The van der Waals surface area contributed by atoms with Crippen molar-refractivity contribution >= 4 is 0 Å². The molecule has 3 aromatic carbocycles. The first kappa shape index (κ1) is 22.1. The molecule has 0 amide bonds. The van der Waals surface area contributed by atoms with Gasteiger partial charge in [0.2, 0.25) is 0 Å². The van der Waals surface area contributed by atoms with Gasteiger partial charge >= 0.3 is 0 Å². The number of fused-ring (bicyclic) bond motifs is 3. The van der Waals surface area contributed by atoms with Crippen molar-refractivity contribution in [2.24, 2.45) is 5.92 Å². The van der Waals surface area contributed by atoms with Crippen molar-refractivity contribution in [1.82, 2.24) is 10.2 Å². The molecule has 4 heteroatoms. The number of piperidine rings is 3. The maximum atomic E-state index is 8.96. The fraction of sp³-hybridized carbons (Fsp3) is 0.379. The number of hydrogen-bond donors (Lipinski definition) is 2. The van der Waals surface area contributed by atoms with Gasteiger partial charge in [0.05, 0.1) is 6.61 Å². The topological polar surface area (TPSA) is 44.7 Å². The van der Waals surface area contributed by atoms with Crippen molar-refractivity contribution in [3.05, 3.63) is 102 Å². The average Bonchev–Trinajstić information content (AvgIpc) is 2.89. The fourth-order valence-corrected chi connectivity index (χ4v) is 5.80. The highest BCUT2D eigenvalue weighted by Crippen LogP contribution is 2.42. The molecule has 0 radical (unpaired) electrons. The largest absolute Gasteiger partial charge is 0.491 e. The molecule has 172 valence electrons. The van der Waals surface area contributed by atoms with Crippen molar-refractivity contribution in [3.63, 3.8) is 0 Å². The molecule has 2 atom stereocenters. The Kier molecular flexibility index (Phi) is 7.06. The smallest absolute Gasteiger partial charge is 0.119 e. The van der Waals surface area contributed by atoms with Gasteiger partial charge in [-0.25, -0.2) is 0 Å². The van der Waals surface area contributed by atoms with Crippen LogP contribution in [-0.4, -0.2) is 48.4 Å². The minimum Gasteiger partial charge on any atom is -0.491 e. The summed E-state index contributed by atoms with van der Waals surface area (Å²) in [6, 6.07) is 31.2. The molecular formula is C29H34N2O2. The zero-order valence-corrected chi connectivity index (χ0v) is 19.1. The Morgan fingerprint density at radius 1 is 0.848 bits per heavy atom. The van der Waals surface area contributed by atoms with E-state index in [4.69, 9.17) is 9.84 Å². The summed E-state index contributed by atoms with van der Waals surface area (Å²) in [7, 11) is 0. The van der Waals surface area contributed by atoms with Gasteiger partial charge in [-0.2, -0.15) is 0 Å². The molecule has 2 N–H and O–H groups in total. The minimum absolute atomic E-state index is 0.0360. The molecule has 4 nitrogen and oxygen atoms in total. The van der Waals surface area contributed by atoms with Gasteiger partial charge in [0, 0.05) is 24.5 Å². The van der Waals surface area contributed by atoms with Crippen LogP contribution in [0.4, 0.5) is 0 Å². The predicted octanol–water partition coefficient (Wildman–Crippen LogP) is 4.44. The van der Waals surface area contributed by atoms with E-state index in [0.29, 0.717) is 30.5 Å². The van der Waals surface area contributed by atoms with E-state index < -0.39 is 0 Å². The zero-order chi connectivity index (χ0) is 22.5. The first-order valence-corrected chi connectivity index (χ1v) is 12.2. The lowest BCUT2D eigenvalue weighted by atomic mass is 9.70. The van der Waals surface area contributed by atoms with E-state index in [-0.39, 0.29) is 6.61 Å². The van der Waals surface area contributed by atoms with Gasteiger partial charge < -0.3 is 15.2 Å². The molecule has 2 bridgehead atoms. The second kappa shape index (κ2) is 10.5. The number of nitrogens with one attached hydrogen (secondary N) is 1. The second-order valence-corrected chi connectivity index (χ2v) is 9.29. The first-order valence-electron chi connectivity index (χ1n) is 12.2. The van der Waals surface area contributed by atoms with Gasteiger partial charge in [-0.1, -0.05) is 72.8 Å². The van der Waals surface area contributed by atoms with E-state index >= 15 is 0 Å². The molecule has 0 spiro atoms. The van der Waals surface area contributed by atoms with Crippen LogP contribution in [0.1, 0.15) is 35.4 Å². The number of nitrogens with zero attached hydrogens (tertiary/aromatic N) is 1. The number of benzene rings is 3. The van der Waals surface area contributed by atoms with Crippen LogP contribution in [-0.2, 0) is 6.54 Å². The summed E-state index contributed by atoms with van der Waals surface area (Å²) in [4.78, 5) is 2.73. The Bertz CT molecular complexity index is 946. The lowest BCUT2D eigenvalue weighted by Gasteiger charge is -2.54. The third kappa shape index (κ3) is 4.98. The molecule has 3 fully saturated rings. The SMILES string of the molecule is OCCOc1ccc(CNC2C3CCN(CC3)C2C(c2ccccc2)c2ccccc2)cc1. The van der Waals surface area contributed by atoms with Crippen LogP contribution in [0, 0.1) is 5.92 Å². The van der Waals surface area contributed by atoms with Gasteiger partial charge in [-0.15, -0.1) is 0 Å². The molecule has 0 aromatic heterocycles. The molecule has 6 rings (SSSR count). The van der Waals surface area contributed by atoms with Crippen LogP contribution in [0.15, 0.2) is 84.9 Å². The molecule has 0 aliphatic carbocycles. The van der Waals surface area contributed by atoms with Crippen molar-refractivity contribution in [2.75, 3.05) is 26.3 Å². The van der Waals surface area contributed by atoms with E-state index in [1.165, 1.54) is 42.6 Å². The van der Waals surface area contributed by atoms with Crippen LogP contribution >= 0.6 is 0 Å². The van der Waals surface area contributed by atoms with E-state index in [0.717, 1.165) is 12.3 Å². The van der Waals surface area contributed by atoms with Crippen LogP contribution in [0.5, 0.6) is 5.75 Å². The monoisotopic (exact) mass is 442 g/mol. The normalized spacial score (nSPS) is 24.2. The summed E-state index contributed by atoms with van der Waals surface area (Å²) in [6.45, 7) is 3.61. The van der Waals surface area contributed by atoms with Crippen molar-refractivity contribution in [2.45, 2.75) is 37.4 Å². The van der Waals surface area contributed by atoms with Crippen LogP contribution in [0.2, 0.25) is 0 Å². The highest BCUT2D eigenvalue weighted by Gasteiger charge is 2.46. The second-order valence-electron chi connectivity index (χ2n) is 9.29. The third-order valence-corrected chi connectivity index (χ3v) is 7.36. The van der Waals surface area contributed by atoms with Crippen LogP contribution in [0.3, 0.4) is 0 Å². The van der Waals surface area contributed by atoms with Crippen molar-refractivity contribution in [3.8, 4) is 5.75 Å². The molecule has 3 aliphatic heterocycles. The number of aliphatic hydroxyl groups excluding tert-OH is 1. The molecule has 3 saturated heterocycles. The summed E-state index contributed by atoms with van der Waals surface area (Å²) in [6.07, 6.45) is 2.55. The van der Waals surface area contributed by atoms with Gasteiger partial charge in [0.25, 0.3) is 0 Å². The molecule has 3 aromatic rings. The molecule has 3 aliphatic rings. The lowest BCUT2D eigenvalue weighted by molar-refractivity contribution is 0.00468. The average molecular weight is 443 g/mol. The van der Waals surface area contributed by atoms with Gasteiger partial charge in [-0.3, -0.25) is 4.90 Å². The summed E-state index contributed by atoms with van der Waals surface area (Å²) >= 11 is 0. The first-order chi connectivity index (χ1) is 16.3. The molecule has 0 saturated carbocycles. The molecule has 2 unspecified atom stereocenters. The number of ether oxygens (including phenoxy) is 1. The van der Waals surface area contributed by atoms with Gasteiger partial charge in [0.1, 0.15) is 12.4 Å². The van der Waals surface area contributed by atoms with Crippen molar-refractivity contribution < 1.29 is 9.84 Å². The Morgan fingerprint density at radius 2 is 1.45 bits per heavy atom. The summed E-state index contributed by atoms with van der Waals surface area (Å²) in [5, 5.41) is 12.9. The molecular weight excluding hydrogens is 408 g/mol. The Hall–Kier alpha value is -2.66. The van der Waals surface area contributed by atoms with Gasteiger partial charge in [0.15, 0.2) is 0 Å².